The Bertz CT molecular complexity index is 1230. The van der Waals surface area contributed by atoms with Gasteiger partial charge in [-0.25, -0.2) is 0 Å². The van der Waals surface area contributed by atoms with Gasteiger partial charge in [0.1, 0.15) is 7.05 Å². The summed E-state index contributed by atoms with van der Waals surface area (Å²) in [6.07, 6.45) is 0. The van der Waals surface area contributed by atoms with Crippen molar-refractivity contribution < 1.29 is 5.94 Å². The van der Waals surface area contributed by atoms with Crippen molar-refractivity contribution in [3.63, 3.8) is 0 Å². The topological polar surface area (TPSA) is 3.88 Å². The largest absolute Gasteiger partial charge is 0.220 e. The lowest BCUT2D eigenvalue weighted by Crippen LogP contribution is -2.35. The average molecular weight is 356 g/mol. The van der Waals surface area contributed by atoms with Crippen LogP contribution in [0.25, 0.3) is 32.8 Å². The van der Waals surface area contributed by atoms with Crippen molar-refractivity contribution in [3.8, 4) is 11.3 Å². The molecule has 3 aromatic carbocycles. The summed E-state index contributed by atoms with van der Waals surface area (Å²) in [5.41, 5.74) is 6.13. The highest BCUT2D eigenvalue weighted by atomic mass is 14.9. The van der Waals surface area contributed by atoms with Crippen LogP contribution in [0.1, 0.15) is 39.0 Å². The summed E-state index contributed by atoms with van der Waals surface area (Å²) in [5, 5.41) is 4.79. The molecule has 136 valence electrons. The lowest BCUT2D eigenvalue weighted by atomic mass is 9.80. The normalized spacial score (nSPS) is 12.6. The minimum absolute atomic E-state index is 0.0425. The van der Waals surface area contributed by atoms with Crippen molar-refractivity contribution in [2.24, 2.45) is 7.05 Å². The molecule has 0 aliphatic rings. The van der Waals surface area contributed by atoms with Crippen LogP contribution in [0.5, 0.6) is 0 Å². The van der Waals surface area contributed by atoms with Crippen molar-refractivity contribution in [3.05, 3.63) is 77.5 Å². The van der Waals surface area contributed by atoms with E-state index in [0.29, 0.717) is 6.04 Å². The molecule has 0 fully saturated rings. The average Bonchev–Trinajstić information content (AvgIpc) is 2.67. The lowest BCUT2D eigenvalue weighted by molar-refractivity contribution is -0.665. The first-order valence-electron chi connectivity index (χ1n) is 10.1. The molecule has 0 atom stereocenters. The second kappa shape index (κ2) is 6.20. The molecule has 0 bridgehead atoms. The number of benzene rings is 3. The number of aryl methyl sites for hydroxylation is 1. The second-order valence-corrected chi connectivity index (χ2v) is 8.56. The van der Waals surface area contributed by atoms with Crippen molar-refractivity contribution in [2.75, 3.05) is 0 Å². The predicted molar refractivity (Wildman–Crippen MR) is 116 cm³/mol. The Morgan fingerprint density at radius 2 is 1.44 bits per heavy atom. The van der Waals surface area contributed by atoms with E-state index >= 15 is 0 Å². The first-order chi connectivity index (χ1) is 13.2. The summed E-state index contributed by atoms with van der Waals surface area (Å²) in [4.78, 5) is 0. The molecule has 1 heterocycles. The molecule has 0 N–H and O–H groups in total. The maximum atomic E-state index is 8.59. The highest BCUT2D eigenvalue weighted by molar-refractivity contribution is 5.99. The zero-order valence-electron chi connectivity index (χ0n) is 18.1. The molecule has 0 saturated heterocycles. The van der Waals surface area contributed by atoms with Crippen LogP contribution in [0.3, 0.4) is 0 Å². The molecule has 0 spiro atoms. The number of aromatic nitrogens is 1. The van der Waals surface area contributed by atoms with E-state index in [-0.39, 0.29) is 5.41 Å². The highest BCUT2D eigenvalue weighted by Crippen LogP contribution is 2.38. The molecule has 1 heteroatoms. The van der Waals surface area contributed by atoms with Gasteiger partial charge in [0.25, 0.3) is 0 Å². The number of fused-ring (bicyclic) bond motifs is 2. The molecule has 0 unspecified atom stereocenters. The maximum absolute atomic E-state index is 8.59. The molecular formula is C26H28N+. The van der Waals surface area contributed by atoms with Gasteiger partial charge in [-0.05, 0) is 51.8 Å². The molecule has 0 amide bonds. The Morgan fingerprint density at radius 3 is 2.11 bits per heavy atom. The Hall–Kier alpha value is -2.67. The van der Waals surface area contributed by atoms with Gasteiger partial charge in [0.05, 0.1) is 12.3 Å². The van der Waals surface area contributed by atoms with Crippen molar-refractivity contribution >= 4 is 21.5 Å². The predicted octanol–water partition coefficient (Wildman–Crippen LogP) is 6.40. The first kappa shape index (κ1) is 16.5. The van der Waals surface area contributed by atoms with E-state index in [1.165, 1.54) is 33.2 Å². The number of rotatable bonds is 1. The summed E-state index contributed by atoms with van der Waals surface area (Å²) in [6.45, 7) is 11.1. The Balaban J connectivity index is 2.22. The summed E-state index contributed by atoms with van der Waals surface area (Å²) in [6, 6.07) is 20.0. The van der Waals surface area contributed by atoms with Crippen LogP contribution < -0.4 is 4.57 Å². The summed E-state index contributed by atoms with van der Waals surface area (Å²) in [7, 11) is 2.08. The molecular weight excluding hydrogens is 326 g/mol. The third-order valence-corrected chi connectivity index (χ3v) is 5.71. The van der Waals surface area contributed by atoms with E-state index in [1.54, 1.807) is 0 Å². The van der Waals surface area contributed by atoms with E-state index in [2.05, 4.69) is 87.8 Å². The van der Waals surface area contributed by atoms with E-state index in [0.717, 1.165) is 16.5 Å². The van der Waals surface area contributed by atoms with Crippen LogP contribution in [0, 0.1) is 13.8 Å². The Kier molecular flexibility index (Phi) is 3.79. The number of pyridine rings is 1. The van der Waals surface area contributed by atoms with Gasteiger partial charge in [-0.2, -0.15) is 4.57 Å². The van der Waals surface area contributed by atoms with E-state index in [4.69, 9.17) is 1.37 Å². The van der Waals surface area contributed by atoms with Crippen LogP contribution in [0.2, 0.25) is 0 Å². The Labute approximate surface area is 163 Å². The monoisotopic (exact) mass is 355 g/mol. The fourth-order valence-electron chi connectivity index (χ4n) is 4.14. The first-order valence-corrected chi connectivity index (χ1v) is 9.63. The van der Waals surface area contributed by atoms with Crippen LogP contribution in [-0.2, 0) is 12.5 Å². The van der Waals surface area contributed by atoms with Gasteiger partial charge in [0.2, 0.25) is 5.69 Å². The van der Waals surface area contributed by atoms with Crippen LogP contribution >= 0.6 is 0 Å². The molecule has 4 rings (SSSR count). The fourth-order valence-corrected chi connectivity index (χ4v) is 4.14. The van der Waals surface area contributed by atoms with Crippen LogP contribution in [0.4, 0.5) is 0 Å². The SMILES string of the molecule is [2H]c1c(C)[n+](C)c(-c2cc(C(C)(C)C)c3ccccc3c2C)c2ccccc12. The van der Waals surface area contributed by atoms with Crippen LogP contribution in [-0.4, -0.2) is 0 Å². The number of nitrogens with zero attached hydrogens (tertiary/aromatic N) is 1. The zero-order chi connectivity index (χ0) is 20.2. The zero-order valence-corrected chi connectivity index (χ0v) is 17.1. The highest BCUT2D eigenvalue weighted by Gasteiger charge is 2.25. The lowest BCUT2D eigenvalue weighted by Gasteiger charge is -2.24. The summed E-state index contributed by atoms with van der Waals surface area (Å²) < 4.78 is 10.8. The van der Waals surface area contributed by atoms with Crippen molar-refractivity contribution in [1.29, 1.82) is 0 Å². The van der Waals surface area contributed by atoms with Gasteiger partial charge in [-0.15, -0.1) is 0 Å². The second-order valence-electron chi connectivity index (χ2n) is 8.56. The maximum Gasteiger partial charge on any atom is 0.220 e. The molecule has 1 aromatic heterocycles. The fraction of sp³-hybridized carbons (Fsp3) is 0.269. The smallest absolute Gasteiger partial charge is 0.198 e. The molecule has 27 heavy (non-hydrogen) atoms. The molecule has 0 aliphatic carbocycles. The minimum Gasteiger partial charge on any atom is -0.198 e. The van der Waals surface area contributed by atoms with Gasteiger partial charge in [0.15, 0.2) is 5.69 Å². The molecule has 4 aromatic rings. The molecule has 0 aliphatic heterocycles. The molecule has 0 radical (unpaired) electrons. The van der Waals surface area contributed by atoms with E-state index in [1.807, 2.05) is 13.0 Å². The standard InChI is InChI=1S/C26H28N/c1-17-15-19-11-7-8-13-21(19)25(27(17)6)23-16-24(26(3,4)5)22-14-10-9-12-20(22)18(23)2/h7-16H,1-6H3/q+1/i15D. The Morgan fingerprint density at radius 1 is 0.852 bits per heavy atom. The van der Waals surface area contributed by atoms with Gasteiger partial charge in [-0.1, -0.05) is 63.2 Å². The third-order valence-electron chi connectivity index (χ3n) is 5.71. The summed E-state index contributed by atoms with van der Waals surface area (Å²) >= 11 is 0. The van der Waals surface area contributed by atoms with Gasteiger partial charge in [-0.3, -0.25) is 0 Å². The number of hydrogen-bond acceptors (Lipinski definition) is 0. The van der Waals surface area contributed by atoms with Crippen molar-refractivity contribution in [1.82, 2.24) is 0 Å². The summed E-state index contributed by atoms with van der Waals surface area (Å²) in [5.74, 6) is 0. The minimum atomic E-state index is 0.0425. The van der Waals surface area contributed by atoms with E-state index in [9.17, 15) is 0 Å². The quantitative estimate of drug-likeness (QED) is 0.348. The molecule has 0 saturated carbocycles. The van der Waals surface area contributed by atoms with Gasteiger partial charge < -0.3 is 0 Å². The van der Waals surface area contributed by atoms with E-state index < -0.39 is 0 Å². The third kappa shape index (κ3) is 2.82. The van der Waals surface area contributed by atoms with Crippen molar-refractivity contribution in [2.45, 2.75) is 40.0 Å². The molecule has 1 nitrogen and oxygen atoms in total. The van der Waals surface area contributed by atoms with Gasteiger partial charge >= 0.3 is 0 Å². The number of hydrogen-bond donors (Lipinski definition) is 0. The van der Waals surface area contributed by atoms with Crippen LogP contribution in [0.15, 0.2) is 60.6 Å². The van der Waals surface area contributed by atoms with Gasteiger partial charge in [0, 0.05) is 13.0 Å².